The topological polar surface area (TPSA) is 90.0 Å². The van der Waals surface area contributed by atoms with E-state index in [-0.39, 0.29) is 29.9 Å². The zero-order valence-electron chi connectivity index (χ0n) is 17.0. The lowest BCUT2D eigenvalue weighted by atomic mass is 10.1. The average Bonchev–Trinajstić information content (AvgIpc) is 3.14. The molecule has 2 aromatic heterocycles. The fourth-order valence-corrected chi connectivity index (χ4v) is 2.93. The van der Waals surface area contributed by atoms with Crippen LogP contribution >= 0.6 is 24.0 Å². The van der Waals surface area contributed by atoms with Gasteiger partial charge in [-0.2, -0.15) is 13.2 Å². The number of aromatic amines is 1. The maximum Gasteiger partial charge on any atom is 0.433 e. The third kappa shape index (κ3) is 7.26. The molecule has 7 nitrogen and oxygen atoms in total. The van der Waals surface area contributed by atoms with Crippen molar-refractivity contribution in [3.63, 3.8) is 0 Å². The van der Waals surface area contributed by atoms with Crippen molar-refractivity contribution in [1.82, 2.24) is 25.6 Å². The molecule has 0 amide bonds. The van der Waals surface area contributed by atoms with Gasteiger partial charge >= 0.3 is 6.18 Å². The highest BCUT2D eigenvalue weighted by Crippen LogP contribution is 2.27. The molecule has 31 heavy (non-hydrogen) atoms. The van der Waals surface area contributed by atoms with Gasteiger partial charge in [0.25, 0.3) is 0 Å². The minimum Gasteiger partial charge on any atom is -0.361 e. The van der Waals surface area contributed by atoms with Gasteiger partial charge in [0.15, 0.2) is 5.96 Å². The van der Waals surface area contributed by atoms with Crippen LogP contribution in [0.2, 0.25) is 0 Å². The molecule has 0 saturated heterocycles. The molecule has 3 aromatic rings. The van der Waals surface area contributed by atoms with E-state index in [0.717, 1.165) is 24.2 Å². The summed E-state index contributed by atoms with van der Waals surface area (Å²) in [5.41, 5.74) is 1.33. The van der Waals surface area contributed by atoms with Crippen LogP contribution in [-0.2, 0) is 12.6 Å². The van der Waals surface area contributed by atoms with Crippen molar-refractivity contribution < 1.29 is 13.2 Å². The first-order valence-electron chi connectivity index (χ1n) is 9.68. The van der Waals surface area contributed by atoms with Gasteiger partial charge < -0.3 is 20.9 Å². The number of guanidine groups is 1. The predicted molar refractivity (Wildman–Crippen MR) is 127 cm³/mol. The molecule has 0 saturated carbocycles. The Morgan fingerprint density at radius 1 is 1.13 bits per heavy atom. The summed E-state index contributed by atoms with van der Waals surface area (Å²) in [5, 5.41) is 10.3. The summed E-state index contributed by atoms with van der Waals surface area (Å²) in [7, 11) is 0. The van der Waals surface area contributed by atoms with Crippen molar-refractivity contribution in [3.05, 3.63) is 54.0 Å². The number of halogens is 4. The maximum absolute atomic E-state index is 12.7. The number of anilines is 1. The Hall–Kier alpha value is -2.57. The Labute approximate surface area is 195 Å². The number of nitrogens with one attached hydrogen (secondary N) is 4. The van der Waals surface area contributed by atoms with Gasteiger partial charge in [-0.3, -0.25) is 4.99 Å². The Kier molecular flexibility index (Phi) is 9.34. The quantitative estimate of drug-likeness (QED) is 0.149. The summed E-state index contributed by atoms with van der Waals surface area (Å²) in [6.07, 6.45) is -0.619. The molecule has 0 unspecified atom stereocenters. The van der Waals surface area contributed by atoms with Crippen LogP contribution in [0.25, 0.3) is 10.9 Å². The number of nitrogens with zero attached hydrogens (tertiary/aromatic N) is 3. The molecule has 0 spiro atoms. The summed E-state index contributed by atoms with van der Waals surface area (Å²) in [6.45, 7) is 4.04. The van der Waals surface area contributed by atoms with Crippen molar-refractivity contribution in [2.24, 2.45) is 4.99 Å². The van der Waals surface area contributed by atoms with Gasteiger partial charge in [-0.05, 0) is 31.0 Å². The number of hydrogen-bond acceptors (Lipinski definition) is 4. The summed E-state index contributed by atoms with van der Waals surface area (Å²) < 4.78 is 38.1. The van der Waals surface area contributed by atoms with E-state index in [0.29, 0.717) is 32.1 Å². The monoisotopic (exact) mass is 547 g/mol. The third-order valence-corrected chi connectivity index (χ3v) is 4.32. The second-order valence-electron chi connectivity index (χ2n) is 6.49. The highest BCUT2D eigenvalue weighted by molar-refractivity contribution is 14.0. The van der Waals surface area contributed by atoms with Gasteiger partial charge in [-0.1, -0.05) is 18.2 Å². The van der Waals surface area contributed by atoms with Gasteiger partial charge in [0.1, 0.15) is 5.69 Å². The molecule has 0 atom stereocenters. The Morgan fingerprint density at radius 2 is 1.94 bits per heavy atom. The lowest BCUT2D eigenvalue weighted by Crippen LogP contribution is -2.39. The van der Waals surface area contributed by atoms with Crippen LogP contribution in [0.5, 0.6) is 0 Å². The average molecular weight is 547 g/mol. The zero-order valence-corrected chi connectivity index (χ0v) is 19.3. The first kappa shape index (κ1) is 24.7. The van der Waals surface area contributed by atoms with Crippen molar-refractivity contribution in [1.29, 1.82) is 0 Å². The summed E-state index contributed by atoms with van der Waals surface area (Å²) in [4.78, 5) is 15.1. The minimum atomic E-state index is -4.49. The molecule has 3 rings (SSSR count). The van der Waals surface area contributed by atoms with E-state index >= 15 is 0 Å². The molecule has 0 fully saturated rings. The van der Waals surface area contributed by atoms with E-state index < -0.39 is 11.9 Å². The van der Waals surface area contributed by atoms with Crippen molar-refractivity contribution in [2.45, 2.75) is 19.5 Å². The highest BCUT2D eigenvalue weighted by Gasteiger charge is 2.32. The first-order chi connectivity index (χ1) is 14.5. The van der Waals surface area contributed by atoms with Crippen LogP contribution in [0, 0.1) is 0 Å². The number of hydrogen-bond donors (Lipinski definition) is 4. The molecule has 168 valence electrons. The fourth-order valence-electron chi connectivity index (χ4n) is 2.93. The van der Waals surface area contributed by atoms with Crippen LogP contribution < -0.4 is 16.0 Å². The van der Waals surface area contributed by atoms with E-state index in [1.54, 1.807) is 0 Å². The Morgan fingerprint density at radius 3 is 2.71 bits per heavy atom. The molecule has 0 aliphatic carbocycles. The standard InChI is InChI=1S/C20H24F3N7.HI/c1-2-24-18(25-9-7-14-13-29-16-6-4-3-5-15(14)16)27-11-12-28-19-26-10-8-17(30-19)20(21,22)23;/h3-6,8,10,13,29H,2,7,9,11-12H2,1H3,(H2,24,25,27)(H,26,28,30);1H. The minimum absolute atomic E-state index is 0. The van der Waals surface area contributed by atoms with Gasteiger partial charge in [0, 0.05) is 49.5 Å². The molecular weight excluding hydrogens is 522 g/mol. The van der Waals surface area contributed by atoms with Gasteiger partial charge in [-0.25, -0.2) is 9.97 Å². The number of aromatic nitrogens is 3. The fraction of sp³-hybridized carbons (Fsp3) is 0.350. The molecule has 0 aliphatic rings. The lowest BCUT2D eigenvalue weighted by molar-refractivity contribution is -0.141. The number of H-pyrrole nitrogens is 1. The van der Waals surface area contributed by atoms with Gasteiger partial charge in [-0.15, -0.1) is 24.0 Å². The summed E-state index contributed by atoms with van der Waals surface area (Å²) >= 11 is 0. The van der Waals surface area contributed by atoms with Gasteiger partial charge in [0.2, 0.25) is 5.95 Å². The van der Waals surface area contributed by atoms with Crippen molar-refractivity contribution in [3.8, 4) is 0 Å². The molecule has 4 N–H and O–H groups in total. The van der Waals surface area contributed by atoms with Crippen LogP contribution in [0.3, 0.4) is 0 Å². The van der Waals surface area contributed by atoms with E-state index in [4.69, 9.17) is 0 Å². The Bertz CT molecular complexity index is 988. The third-order valence-electron chi connectivity index (χ3n) is 4.32. The molecule has 0 radical (unpaired) electrons. The van der Waals surface area contributed by atoms with Crippen molar-refractivity contribution in [2.75, 3.05) is 31.5 Å². The van der Waals surface area contributed by atoms with Crippen LogP contribution in [0.4, 0.5) is 19.1 Å². The molecule has 11 heteroatoms. The molecule has 0 aliphatic heterocycles. The number of para-hydroxylation sites is 1. The number of alkyl halides is 3. The van der Waals surface area contributed by atoms with E-state index in [1.807, 2.05) is 31.3 Å². The van der Waals surface area contributed by atoms with Crippen molar-refractivity contribution >= 4 is 46.8 Å². The van der Waals surface area contributed by atoms with E-state index in [9.17, 15) is 13.2 Å². The van der Waals surface area contributed by atoms with Crippen LogP contribution in [0.15, 0.2) is 47.7 Å². The summed E-state index contributed by atoms with van der Waals surface area (Å²) in [6, 6.07) is 8.96. The molecule has 2 heterocycles. The second-order valence-corrected chi connectivity index (χ2v) is 6.49. The zero-order chi connectivity index (χ0) is 21.4. The number of aliphatic imine (C=N–C) groups is 1. The molecule has 0 bridgehead atoms. The van der Waals surface area contributed by atoms with Crippen LogP contribution in [-0.4, -0.2) is 47.1 Å². The number of benzene rings is 1. The summed E-state index contributed by atoms with van der Waals surface area (Å²) in [5.74, 6) is 0.581. The smallest absolute Gasteiger partial charge is 0.361 e. The SMILES string of the molecule is CCNC(=NCCc1c[nH]c2ccccc12)NCCNc1nccc(C(F)(F)F)n1.I. The predicted octanol–water partition coefficient (Wildman–Crippen LogP) is 3.80. The molecular formula is C20H25F3IN7. The number of fused-ring (bicyclic) bond motifs is 1. The normalized spacial score (nSPS) is 11.8. The largest absolute Gasteiger partial charge is 0.433 e. The maximum atomic E-state index is 12.7. The second kappa shape index (κ2) is 11.7. The van der Waals surface area contributed by atoms with E-state index in [1.165, 1.54) is 10.9 Å². The van der Waals surface area contributed by atoms with E-state index in [2.05, 4.69) is 42.0 Å². The first-order valence-corrected chi connectivity index (χ1v) is 9.68. The van der Waals surface area contributed by atoms with Crippen LogP contribution in [0.1, 0.15) is 18.2 Å². The lowest BCUT2D eigenvalue weighted by Gasteiger charge is -2.12. The highest BCUT2D eigenvalue weighted by atomic mass is 127. The number of rotatable bonds is 8. The van der Waals surface area contributed by atoms with Gasteiger partial charge in [0.05, 0.1) is 0 Å². The Balaban J connectivity index is 0.00000341. The molecule has 1 aromatic carbocycles.